The van der Waals surface area contributed by atoms with E-state index in [1.54, 1.807) is 31.4 Å². The van der Waals surface area contributed by atoms with Gasteiger partial charge < -0.3 is 20.5 Å². The second-order valence-corrected chi connectivity index (χ2v) is 3.68. The van der Waals surface area contributed by atoms with Crippen LogP contribution in [-0.4, -0.2) is 36.8 Å². The van der Waals surface area contributed by atoms with E-state index in [1.165, 1.54) is 4.90 Å². The molecule has 0 spiro atoms. The zero-order valence-corrected chi connectivity index (χ0v) is 8.96. The zero-order chi connectivity index (χ0) is 11.7. The van der Waals surface area contributed by atoms with Gasteiger partial charge in [0.05, 0.1) is 19.8 Å². The minimum absolute atomic E-state index is 0.126. The Hall–Kier alpha value is -1.59. The van der Waals surface area contributed by atoms with Gasteiger partial charge in [0.1, 0.15) is 11.8 Å². The Labute approximate surface area is 93.4 Å². The largest absolute Gasteiger partial charge is 0.497 e. The lowest BCUT2D eigenvalue weighted by molar-refractivity contribution is -0.126. The maximum absolute atomic E-state index is 11.5. The number of hydrogen-bond acceptors (Lipinski definition) is 4. The molecule has 1 heterocycles. The van der Waals surface area contributed by atoms with Gasteiger partial charge >= 0.3 is 0 Å². The number of aliphatic hydroxyl groups is 1. The predicted molar refractivity (Wildman–Crippen MR) is 59.3 cm³/mol. The molecule has 2 atom stereocenters. The van der Waals surface area contributed by atoms with Gasteiger partial charge in [-0.15, -0.1) is 0 Å². The predicted octanol–water partition coefficient (Wildman–Crippen LogP) is -0.270. The Morgan fingerprint density at radius 1 is 1.44 bits per heavy atom. The molecule has 1 saturated heterocycles. The molecular formula is C11H14N2O3. The van der Waals surface area contributed by atoms with Gasteiger partial charge in [0.25, 0.3) is 0 Å². The van der Waals surface area contributed by atoms with Gasteiger partial charge in [0, 0.05) is 5.69 Å². The number of nitrogens with two attached hydrogens (primary N) is 1. The third kappa shape index (κ3) is 1.54. The average Bonchev–Trinajstić information content (AvgIpc) is 2.34. The molecule has 1 aromatic carbocycles. The molecule has 1 amide bonds. The average molecular weight is 222 g/mol. The maximum Gasteiger partial charge on any atom is 0.246 e. The lowest BCUT2D eigenvalue weighted by atomic mass is 9.95. The van der Waals surface area contributed by atoms with Gasteiger partial charge in [-0.2, -0.15) is 0 Å². The number of hydrogen-bond donors (Lipinski definition) is 2. The van der Waals surface area contributed by atoms with Crippen LogP contribution in [0.1, 0.15) is 0 Å². The van der Waals surface area contributed by atoms with E-state index >= 15 is 0 Å². The maximum atomic E-state index is 11.5. The van der Waals surface area contributed by atoms with Crippen molar-refractivity contribution in [3.05, 3.63) is 24.3 Å². The molecule has 2 rings (SSSR count). The minimum atomic E-state index is -0.591. The molecule has 1 fully saturated rings. The highest BCUT2D eigenvalue weighted by Crippen LogP contribution is 2.28. The smallest absolute Gasteiger partial charge is 0.246 e. The van der Waals surface area contributed by atoms with Crippen LogP contribution < -0.4 is 15.4 Å². The number of amides is 1. The Morgan fingerprint density at radius 2 is 2.06 bits per heavy atom. The van der Waals surface area contributed by atoms with E-state index < -0.39 is 6.04 Å². The molecule has 0 aromatic heterocycles. The van der Waals surface area contributed by atoms with Gasteiger partial charge in [0.2, 0.25) is 5.91 Å². The molecule has 0 aliphatic carbocycles. The second-order valence-electron chi connectivity index (χ2n) is 3.68. The molecule has 5 nitrogen and oxygen atoms in total. The molecule has 1 aliphatic rings. The number of nitrogens with zero attached hydrogens (tertiary/aromatic N) is 1. The summed E-state index contributed by atoms with van der Waals surface area (Å²) < 4.78 is 5.02. The van der Waals surface area contributed by atoms with Crippen LogP contribution in [0.3, 0.4) is 0 Å². The molecule has 0 bridgehead atoms. The summed E-state index contributed by atoms with van der Waals surface area (Å²) in [5.41, 5.74) is 6.31. The third-order valence-corrected chi connectivity index (χ3v) is 2.81. The van der Waals surface area contributed by atoms with Crippen molar-refractivity contribution in [1.82, 2.24) is 0 Å². The van der Waals surface area contributed by atoms with Gasteiger partial charge in [-0.25, -0.2) is 0 Å². The van der Waals surface area contributed by atoms with Crippen molar-refractivity contribution in [2.45, 2.75) is 12.1 Å². The number of benzene rings is 1. The summed E-state index contributed by atoms with van der Waals surface area (Å²) in [4.78, 5) is 13.0. The fraction of sp³-hybridized carbons (Fsp3) is 0.364. The highest BCUT2D eigenvalue weighted by molar-refractivity contribution is 6.05. The number of rotatable bonds is 3. The van der Waals surface area contributed by atoms with Crippen molar-refractivity contribution >= 4 is 11.6 Å². The molecule has 3 N–H and O–H groups in total. The van der Waals surface area contributed by atoms with E-state index in [0.717, 1.165) is 11.4 Å². The summed E-state index contributed by atoms with van der Waals surface area (Å²) in [5.74, 6) is 0.561. The van der Waals surface area contributed by atoms with E-state index in [-0.39, 0.29) is 18.6 Å². The van der Waals surface area contributed by atoms with Crippen LogP contribution in [0.25, 0.3) is 0 Å². The number of carbonyl (C=O) groups excluding carboxylic acids is 1. The quantitative estimate of drug-likeness (QED) is 0.690. The van der Waals surface area contributed by atoms with Crippen LogP contribution in [0.15, 0.2) is 24.3 Å². The van der Waals surface area contributed by atoms with Crippen LogP contribution >= 0.6 is 0 Å². The topological polar surface area (TPSA) is 75.8 Å². The summed E-state index contributed by atoms with van der Waals surface area (Å²) in [7, 11) is 1.58. The van der Waals surface area contributed by atoms with Crippen LogP contribution in [0.5, 0.6) is 5.75 Å². The van der Waals surface area contributed by atoms with E-state index in [4.69, 9.17) is 15.6 Å². The van der Waals surface area contributed by atoms with Crippen molar-refractivity contribution in [3.8, 4) is 5.75 Å². The first kappa shape index (κ1) is 10.9. The van der Waals surface area contributed by atoms with Crippen molar-refractivity contribution in [3.63, 3.8) is 0 Å². The lowest BCUT2D eigenvalue weighted by Gasteiger charge is -2.44. The van der Waals surface area contributed by atoms with Crippen LogP contribution in [-0.2, 0) is 4.79 Å². The third-order valence-electron chi connectivity index (χ3n) is 2.81. The Kier molecular flexibility index (Phi) is 2.80. The first-order valence-corrected chi connectivity index (χ1v) is 5.02. The molecule has 1 aliphatic heterocycles. The fourth-order valence-electron chi connectivity index (χ4n) is 1.82. The van der Waals surface area contributed by atoms with Crippen molar-refractivity contribution in [1.29, 1.82) is 0 Å². The van der Waals surface area contributed by atoms with Gasteiger partial charge in [-0.1, -0.05) is 0 Å². The summed E-state index contributed by atoms with van der Waals surface area (Å²) >= 11 is 0. The number of methoxy groups -OCH3 is 1. The highest BCUT2D eigenvalue weighted by Gasteiger charge is 2.45. The number of anilines is 1. The second kappa shape index (κ2) is 4.11. The SMILES string of the molecule is COc1ccc(N2C(=O)[C@@H](N)[C@H]2CO)cc1. The lowest BCUT2D eigenvalue weighted by Crippen LogP contribution is -2.70. The highest BCUT2D eigenvalue weighted by atomic mass is 16.5. The van der Waals surface area contributed by atoms with Gasteiger partial charge in [-0.3, -0.25) is 4.79 Å². The number of aliphatic hydroxyl groups excluding tert-OH is 1. The zero-order valence-electron chi connectivity index (χ0n) is 8.96. The first-order valence-electron chi connectivity index (χ1n) is 5.02. The molecular weight excluding hydrogens is 208 g/mol. The van der Waals surface area contributed by atoms with E-state index in [1.807, 2.05) is 0 Å². The Balaban J connectivity index is 2.20. The van der Waals surface area contributed by atoms with Crippen molar-refractivity contribution in [2.75, 3.05) is 18.6 Å². The van der Waals surface area contributed by atoms with Gasteiger partial charge in [0.15, 0.2) is 0 Å². The van der Waals surface area contributed by atoms with Crippen LogP contribution in [0.2, 0.25) is 0 Å². The fourth-order valence-corrected chi connectivity index (χ4v) is 1.82. The molecule has 0 unspecified atom stereocenters. The normalized spacial score (nSPS) is 24.2. The summed E-state index contributed by atoms with van der Waals surface area (Å²) in [6, 6.07) is 6.16. The summed E-state index contributed by atoms with van der Waals surface area (Å²) in [6.45, 7) is -0.126. The van der Waals surface area contributed by atoms with Gasteiger partial charge in [-0.05, 0) is 24.3 Å². The Morgan fingerprint density at radius 3 is 2.56 bits per heavy atom. The molecule has 86 valence electrons. The number of ether oxygens (including phenoxy) is 1. The van der Waals surface area contributed by atoms with E-state index in [9.17, 15) is 4.79 Å². The van der Waals surface area contributed by atoms with Crippen molar-refractivity contribution in [2.24, 2.45) is 5.73 Å². The molecule has 0 radical (unpaired) electrons. The van der Waals surface area contributed by atoms with E-state index in [0.29, 0.717) is 0 Å². The molecule has 0 saturated carbocycles. The molecule has 16 heavy (non-hydrogen) atoms. The first-order chi connectivity index (χ1) is 7.69. The molecule has 1 aromatic rings. The standard InChI is InChI=1S/C11H14N2O3/c1-16-8-4-2-7(3-5-8)13-9(6-14)10(12)11(13)15/h2-5,9-10,14H,6,12H2,1H3/t9-,10+/m1/s1. The number of carbonyl (C=O) groups is 1. The van der Waals surface area contributed by atoms with Crippen LogP contribution in [0, 0.1) is 0 Å². The minimum Gasteiger partial charge on any atom is -0.497 e. The van der Waals surface area contributed by atoms with Crippen LogP contribution in [0.4, 0.5) is 5.69 Å². The molecule has 5 heteroatoms. The number of β-lactam (4-membered cyclic amide) rings is 1. The summed E-state index contributed by atoms with van der Waals surface area (Å²) in [5, 5.41) is 9.11. The van der Waals surface area contributed by atoms with E-state index in [2.05, 4.69) is 0 Å². The summed E-state index contributed by atoms with van der Waals surface area (Å²) in [6.07, 6.45) is 0. The Bertz CT molecular complexity index is 391. The monoisotopic (exact) mass is 222 g/mol. The van der Waals surface area contributed by atoms with Crippen molar-refractivity contribution < 1.29 is 14.6 Å².